The van der Waals surface area contributed by atoms with Crippen LogP contribution < -0.4 is 4.90 Å². The third kappa shape index (κ3) is 3.05. The molecule has 5 rings (SSSR count). The van der Waals surface area contributed by atoms with Crippen LogP contribution in [0.25, 0.3) is 10.9 Å². The summed E-state index contributed by atoms with van der Waals surface area (Å²) in [5.41, 5.74) is 1.72. The van der Waals surface area contributed by atoms with Crippen molar-refractivity contribution in [2.24, 2.45) is 5.92 Å². The van der Waals surface area contributed by atoms with Gasteiger partial charge in [0.05, 0.1) is 5.69 Å². The molecule has 2 aromatic carbocycles. The number of fused-ring (bicyclic) bond motifs is 2. The largest absolute Gasteiger partial charge is 0.375 e. The Hall–Kier alpha value is -2.92. The fourth-order valence-electron chi connectivity index (χ4n) is 5.11. The number of aromatic nitrogens is 1. The van der Waals surface area contributed by atoms with E-state index in [2.05, 4.69) is 11.1 Å². The Morgan fingerprint density at radius 3 is 2.67 bits per heavy atom. The number of amides is 1. The van der Waals surface area contributed by atoms with Gasteiger partial charge in [0.15, 0.2) is 5.60 Å². The summed E-state index contributed by atoms with van der Waals surface area (Å²) in [6.07, 6.45) is 6.36. The molecule has 0 radical (unpaired) electrons. The number of rotatable bonds is 6. The highest BCUT2D eigenvalue weighted by Gasteiger charge is 2.51. The van der Waals surface area contributed by atoms with E-state index in [1.54, 1.807) is 11.0 Å². The Morgan fingerprint density at radius 2 is 1.83 bits per heavy atom. The third-order valence-corrected chi connectivity index (χ3v) is 6.76. The summed E-state index contributed by atoms with van der Waals surface area (Å²) >= 11 is 0. The summed E-state index contributed by atoms with van der Waals surface area (Å²) < 4.78 is 0. The molecule has 1 amide bonds. The maximum atomic E-state index is 13.4. The standard InChI is InChI=1S/C25H26N2O3/c28-23(17-7-1-2-8-17)15-25(30)20-10-4-6-12-22(20)27(24(25)29)14-13-18-16-26-21-11-5-3-9-19(18)21/h3-6,9-12,16-17,26,30H,1-2,7-8,13-15H2/t25-/m1/s1. The fraction of sp³-hybridized carbons (Fsp3) is 0.360. The first-order valence-corrected chi connectivity index (χ1v) is 10.8. The van der Waals surface area contributed by atoms with Crippen molar-refractivity contribution in [1.29, 1.82) is 0 Å². The first kappa shape index (κ1) is 19.1. The molecule has 1 atom stereocenters. The molecule has 0 saturated heterocycles. The van der Waals surface area contributed by atoms with Crippen LogP contribution in [0, 0.1) is 5.92 Å². The van der Waals surface area contributed by atoms with Gasteiger partial charge >= 0.3 is 0 Å². The van der Waals surface area contributed by atoms with E-state index in [1.165, 1.54) is 0 Å². The average molecular weight is 402 g/mol. The molecule has 30 heavy (non-hydrogen) atoms. The number of ketones is 1. The highest BCUT2D eigenvalue weighted by Crippen LogP contribution is 2.43. The molecule has 2 N–H and O–H groups in total. The van der Waals surface area contributed by atoms with Gasteiger partial charge in [-0.25, -0.2) is 0 Å². The number of hydrogen-bond acceptors (Lipinski definition) is 3. The summed E-state index contributed by atoms with van der Waals surface area (Å²) in [4.78, 5) is 31.1. The van der Waals surface area contributed by atoms with Crippen LogP contribution in [0.3, 0.4) is 0 Å². The number of aromatic amines is 1. The Labute approximate surface area is 175 Å². The van der Waals surface area contributed by atoms with Crippen molar-refractivity contribution >= 4 is 28.3 Å². The number of carbonyl (C=O) groups excluding carboxylic acids is 2. The lowest BCUT2D eigenvalue weighted by atomic mass is 9.86. The zero-order valence-corrected chi connectivity index (χ0v) is 16.9. The van der Waals surface area contributed by atoms with Crippen molar-refractivity contribution in [1.82, 2.24) is 4.98 Å². The minimum absolute atomic E-state index is 0.0108. The number of aliphatic hydroxyl groups is 1. The second-order valence-corrected chi connectivity index (χ2v) is 8.57. The topological polar surface area (TPSA) is 73.4 Å². The molecule has 1 fully saturated rings. The van der Waals surface area contributed by atoms with Gasteiger partial charge in [-0.1, -0.05) is 49.2 Å². The normalized spacial score (nSPS) is 21.5. The summed E-state index contributed by atoms with van der Waals surface area (Å²) in [7, 11) is 0. The molecule has 1 aromatic heterocycles. The summed E-state index contributed by atoms with van der Waals surface area (Å²) in [6, 6.07) is 15.4. The van der Waals surface area contributed by atoms with Gasteiger partial charge in [-0.05, 0) is 37.0 Å². The number of carbonyl (C=O) groups is 2. The van der Waals surface area contributed by atoms with Gasteiger partial charge in [-0.3, -0.25) is 9.59 Å². The molecule has 2 heterocycles. The molecule has 3 aromatic rings. The van der Waals surface area contributed by atoms with Crippen molar-refractivity contribution in [3.05, 3.63) is 65.9 Å². The first-order chi connectivity index (χ1) is 14.6. The number of para-hydroxylation sites is 2. The van der Waals surface area contributed by atoms with Crippen LogP contribution in [0.5, 0.6) is 0 Å². The Bertz CT molecular complexity index is 1110. The quantitative estimate of drug-likeness (QED) is 0.652. The van der Waals surface area contributed by atoms with E-state index >= 15 is 0 Å². The van der Waals surface area contributed by atoms with Crippen molar-refractivity contribution in [2.45, 2.75) is 44.1 Å². The van der Waals surface area contributed by atoms with Crippen LogP contribution in [0.2, 0.25) is 0 Å². The van der Waals surface area contributed by atoms with Gasteiger partial charge in [0, 0.05) is 41.5 Å². The van der Waals surface area contributed by atoms with E-state index in [-0.39, 0.29) is 24.0 Å². The minimum Gasteiger partial charge on any atom is -0.375 e. The van der Waals surface area contributed by atoms with Crippen LogP contribution in [0.4, 0.5) is 5.69 Å². The molecule has 1 aliphatic carbocycles. The smallest absolute Gasteiger partial charge is 0.264 e. The van der Waals surface area contributed by atoms with Crippen LogP contribution in [-0.4, -0.2) is 28.3 Å². The van der Waals surface area contributed by atoms with Crippen molar-refractivity contribution < 1.29 is 14.7 Å². The highest BCUT2D eigenvalue weighted by atomic mass is 16.3. The van der Waals surface area contributed by atoms with E-state index < -0.39 is 5.60 Å². The van der Waals surface area contributed by atoms with Gasteiger partial charge < -0.3 is 15.0 Å². The van der Waals surface area contributed by atoms with E-state index in [1.807, 2.05) is 42.6 Å². The molecule has 5 nitrogen and oxygen atoms in total. The van der Waals surface area contributed by atoms with E-state index in [0.717, 1.165) is 42.1 Å². The molecule has 2 aliphatic rings. The Balaban J connectivity index is 1.40. The second-order valence-electron chi connectivity index (χ2n) is 8.57. The second kappa shape index (κ2) is 7.40. The van der Waals surface area contributed by atoms with Gasteiger partial charge in [0.25, 0.3) is 5.91 Å². The predicted molar refractivity (Wildman–Crippen MR) is 116 cm³/mol. The van der Waals surface area contributed by atoms with Crippen LogP contribution in [0.1, 0.15) is 43.2 Å². The SMILES string of the molecule is O=C(C[C@]1(O)C(=O)N(CCc2c[nH]c3ccccc23)c2ccccc21)C1CCCC1. The maximum absolute atomic E-state index is 13.4. The number of anilines is 1. The van der Waals surface area contributed by atoms with Crippen LogP contribution >= 0.6 is 0 Å². The molecule has 1 aliphatic heterocycles. The van der Waals surface area contributed by atoms with Crippen molar-refractivity contribution in [2.75, 3.05) is 11.4 Å². The number of benzene rings is 2. The van der Waals surface area contributed by atoms with Crippen molar-refractivity contribution in [3.63, 3.8) is 0 Å². The molecule has 0 unspecified atom stereocenters. The van der Waals surface area contributed by atoms with E-state index in [9.17, 15) is 14.7 Å². The van der Waals surface area contributed by atoms with Gasteiger partial charge in [-0.2, -0.15) is 0 Å². The van der Waals surface area contributed by atoms with Gasteiger partial charge in [-0.15, -0.1) is 0 Å². The molecule has 154 valence electrons. The van der Waals surface area contributed by atoms with Crippen LogP contribution in [0.15, 0.2) is 54.7 Å². The fourth-order valence-corrected chi connectivity index (χ4v) is 5.11. The predicted octanol–water partition coefficient (Wildman–Crippen LogP) is 4.09. The van der Waals surface area contributed by atoms with Gasteiger partial charge in [0.2, 0.25) is 0 Å². The van der Waals surface area contributed by atoms with Gasteiger partial charge in [0.1, 0.15) is 5.78 Å². The lowest BCUT2D eigenvalue weighted by Gasteiger charge is -2.24. The maximum Gasteiger partial charge on any atom is 0.264 e. The summed E-state index contributed by atoms with van der Waals surface area (Å²) in [5, 5.41) is 12.6. The highest BCUT2D eigenvalue weighted by molar-refractivity contribution is 6.09. The third-order valence-electron chi connectivity index (χ3n) is 6.76. The van der Waals surface area contributed by atoms with E-state index in [4.69, 9.17) is 0 Å². The zero-order chi connectivity index (χ0) is 20.7. The number of nitrogens with one attached hydrogen (secondary N) is 1. The molecular weight excluding hydrogens is 376 g/mol. The molecule has 5 heteroatoms. The Kier molecular flexibility index (Phi) is 4.70. The van der Waals surface area contributed by atoms with E-state index in [0.29, 0.717) is 24.2 Å². The number of nitrogens with zero attached hydrogens (tertiary/aromatic N) is 1. The summed E-state index contributed by atoms with van der Waals surface area (Å²) in [5.74, 6) is -0.388. The average Bonchev–Trinajstić information content (AvgIpc) is 3.48. The molecular formula is C25H26N2O3. The summed E-state index contributed by atoms with van der Waals surface area (Å²) in [6.45, 7) is 0.456. The number of Topliss-reactive ketones (excluding diaryl/α,β-unsaturated/α-hetero) is 1. The Morgan fingerprint density at radius 1 is 1.10 bits per heavy atom. The lowest BCUT2D eigenvalue weighted by molar-refractivity contribution is -0.143. The van der Waals surface area contributed by atoms with Crippen LogP contribution in [-0.2, 0) is 21.6 Å². The molecule has 1 saturated carbocycles. The molecule has 0 bridgehead atoms. The monoisotopic (exact) mass is 402 g/mol. The zero-order valence-electron chi connectivity index (χ0n) is 16.9. The number of H-pyrrole nitrogens is 1. The minimum atomic E-state index is -1.75. The number of hydrogen-bond donors (Lipinski definition) is 2. The molecule has 0 spiro atoms. The lowest BCUT2D eigenvalue weighted by Crippen LogP contribution is -2.43. The first-order valence-electron chi connectivity index (χ1n) is 10.8. The van der Waals surface area contributed by atoms with Crippen molar-refractivity contribution in [3.8, 4) is 0 Å².